The Balaban J connectivity index is 0.00000243. The van der Waals surface area contributed by atoms with Crippen molar-refractivity contribution in [3.05, 3.63) is 0 Å². The monoisotopic (exact) mass is 501 g/mol. The summed E-state index contributed by atoms with van der Waals surface area (Å²) in [6.07, 6.45) is 5.65. The molecular formula is C17H32IN3O4S. The lowest BCUT2D eigenvalue weighted by atomic mass is 10.1. The Morgan fingerprint density at radius 3 is 2.58 bits per heavy atom. The first-order chi connectivity index (χ1) is 11.9. The van der Waals surface area contributed by atoms with E-state index in [1.54, 1.807) is 0 Å². The molecule has 7 nitrogen and oxygen atoms in total. The second kappa shape index (κ2) is 9.38. The van der Waals surface area contributed by atoms with E-state index in [2.05, 4.69) is 17.1 Å². The van der Waals surface area contributed by atoms with Gasteiger partial charge in [-0.3, -0.25) is 4.99 Å². The maximum atomic E-state index is 11.6. The van der Waals surface area contributed by atoms with Crippen LogP contribution in [0.1, 0.15) is 32.6 Å². The van der Waals surface area contributed by atoms with Gasteiger partial charge in [-0.05, 0) is 32.6 Å². The predicted molar refractivity (Wildman–Crippen MR) is 113 cm³/mol. The minimum Gasteiger partial charge on any atom is -0.375 e. The summed E-state index contributed by atoms with van der Waals surface area (Å²) in [7, 11) is -2.96. The van der Waals surface area contributed by atoms with Crippen molar-refractivity contribution in [3.8, 4) is 0 Å². The van der Waals surface area contributed by atoms with E-state index < -0.39 is 9.84 Å². The van der Waals surface area contributed by atoms with Crippen LogP contribution >= 0.6 is 24.0 Å². The third-order valence-corrected chi connectivity index (χ3v) is 6.33. The van der Waals surface area contributed by atoms with Crippen LogP contribution in [0.5, 0.6) is 0 Å². The Hall–Kier alpha value is -0.130. The molecule has 1 N–H and O–H groups in total. The van der Waals surface area contributed by atoms with Crippen LogP contribution in [0.2, 0.25) is 0 Å². The van der Waals surface area contributed by atoms with Gasteiger partial charge >= 0.3 is 0 Å². The van der Waals surface area contributed by atoms with Gasteiger partial charge in [0, 0.05) is 44.5 Å². The number of guanidine groups is 1. The largest absolute Gasteiger partial charge is 0.375 e. The topological polar surface area (TPSA) is 80.2 Å². The van der Waals surface area contributed by atoms with E-state index in [0.29, 0.717) is 13.2 Å². The zero-order valence-electron chi connectivity index (χ0n) is 15.8. The van der Waals surface area contributed by atoms with Crippen molar-refractivity contribution in [2.24, 2.45) is 10.4 Å². The Bertz CT molecular complexity index is 589. The van der Waals surface area contributed by atoms with E-state index in [1.165, 1.54) is 6.26 Å². The second-order valence-corrected chi connectivity index (χ2v) is 9.79. The van der Waals surface area contributed by atoms with Crippen molar-refractivity contribution in [1.29, 1.82) is 0 Å². The molecule has 0 bridgehead atoms. The van der Waals surface area contributed by atoms with Gasteiger partial charge in [0.1, 0.15) is 15.9 Å². The van der Waals surface area contributed by atoms with Gasteiger partial charge in [0.05, 0.1) is 18.5 Å². The number of halogens is 1. The predicted octanol–water partition coefficient (Wildman–Crippen LogP) is 1.27. The Labute approximate surface area is 174 Å². The van der Waals surface area contributed by atoms with E-state index in [9.17, 15) is 8.42 Å². The minimum absolute atomic E-state index is 0. The summed E-state index contributed by atoms with van der Waals surface area (Å²) in [6.45, 7) is 6.49. The van der Waals surface area contributed by atoms with Crippen LogP contribution in [0, 0.1) is 5.41 Å². The number of rotatable bonds is 6. The number of nitrogens with zero attached hydrogens (tertiary/aromatic N) is 2. The average molecular weight is 501 g/mol. The first-order valence-corrected chi connectivity index (χ1v) is 11.4. The van der Waals surface area contributed by atoms with E-state index in [1.807, 2.05) is 0 Å². The minimum atomic E-state index is -2.96. The van der Waals surface area contributed by atoms with Gasteiger partial charge in [0.25, 0.3) is 0 Å². The van der Waals surface area contributed by atoms with Crippen LogP contribution in [-0.4, -0.2) is 82.9 Å². The van der Waals surface area contributed by atoms with Crippen molar-refractivity contribution in [2.75, 3.05) is 51.4 Å². The normalized spacial score (nSPS) is 28.5. The van der Waals surface area contributed by atoms with E-state index in [4.69, 9.17) is 14.5 Å². The van der Waals surface area contributed by atoms with E-state index >= 15 is 0 Å². The van der Waals surface area contributed by atoms with Crippen molar-refractivity contribution >= 4 is 39.8 Å². The molecule has 2 aliphatic heterocycles. The fourth-order valence-corrected chi connectivity index (χ4v) is 5.23. The van der Waals surface area contributed by atoms with Gasteiger partial charge < -0.3 is 19.7 Å². The van der Waals surface area contributed by atoms with Crippen LogP contribution in [0.15, 0.2) is 4.99 Å². The summed E-state index contributed by atoms with van der Waals surface area (Å²) in [5, 5.41) is 3.36. The van der Waals surface area contributed by atoms with Crippen molar-refractivity contribution in [2.45, 2.75) is 44.8 Å². The maximum Gasteiger partial charge on any atom is 0.194 e. The number of sulfone groups is 1. The highest BCUT2D eigenvalue weighted by atomic mass is 127. The SMILES string of the molecule is CCNC(=NCC1(CS(C)(=O)=O)CC1)N1CCOC(C2CCCO2)C1.I. The quantitative estimate of drug-likeness (QED) is 0.336. The molecule has 2 heterocycles. The summed E-state index contributed by atoms with van der Waals surface area (Å²) >= 11 is 0. The van der Waals surface area contributed by atoms with Crippen LogP contribution in [0.25, 0.3) is 0 Å². The molecule has 2 unspecified atom stereocenters. The van der Waals surface area contributed by atoms with Crippen molar-refractivity contribution in [1.82, 2.24) is 10.2 Å². The zero-order valence-corrected chi connectivity index (χ0v) is 18.9. The summed E-state index contributed by atoms with van der Waals surface area (Å²) in [4.78, 5) is 7.02. The molecular weight excluding hydrogens is 469 g/mol. The first kappa shape index (κ1) is 22.2. The summed E-state index contributed by atoms with van der Waals surface area (Å²) in [6, 6.07) is 0. The molecule has 1 saturated carbocycles. The van der Waals surface area contributed by atoms with Gasteiger partial charge in [0.2, 0.25) is 0 Å². The molecule has 0 aromatic heterocycles. The van der Waals surface area contributed by atoms with E-state index in [-0.39, 0.29) is 47.4 Å². The smallest absolute Gasteiger partial charge is 0.194 e. The summed E-state index contributed by atoms with van der Waals surface area (Å²) in [5.41, 5.74) is -0.144. The molecule has 26 heavy (non-hydrogen) atoms. The van der Waals surface area contributed by atoms with E-state index in [0.717, 1.165) is 57.9 Å². The number of hydrogen-bond acceptors (Lipinski definition) is 5. The molecule has 3 rings (SSSR count). The highest BCUT2D eigenvalue weighted by Crippen LogP contribution is 2.47. The third-order valence-electron chi connectivity index (χ3n) is 5.20. The fourth-order valence-electron chi connectivity index (χ4n) is 3.74. The van der Waals surface area contributed by atoms with Crippen molar-refractivity contribution in [3.63, 3.8) is 0 Å². The van der Waals surface area contributed by atoms with Gasteiger partial charge in [-0.1, -0.05) is 0 Å². The lowest BCUT2D eigenvalue weighted by Gasteiger charge is -2.37. The molecule has 9 heteroatoms. The number of aliphatic imine (C=N–C) groups is 1. The Morgan fingerprint density at radius 2 is 2.00 bits per heavy atom. The van der Waals surface area contributed by atoms with Gasteiger partial charge in [-0.15, -0.1) is 24.0 Å². The number of ether oxygens (including phenoxy) is 2. The number of morpholine rings is 1. The number of nitrogens with one attached hydrogen (secondary N) is 1. The third kappa shape index (κ3) is 6.20. The zero-order chi connectivity index (χ0) is 17.9. The molecule has 1 aliphatic carbocycles. The molecule has 2 atom stereocenters. The Morgan fingerprint density at radius 1 is 1.27 bits per heavy atom. The lowest BCUT2D eigenvalue weighted by Crippen LogP contribution is -2.53. The molecule has 3 aliphatic rings. The average Bonchev–Trinajstić information content (AvgIpc) is 3.10. The van der Waals surface area contributed by atoms with Crippen molar-refractivity contribution < 1.29 is 17.9 Å². The first-order valence-electron chi connectivity index (χ1n) is 9.35. The number of hydrogen-bond donors (Lipinski definition) is 1. The molecule has 0 amide bonds. The highest BCUT2D eigenvalue weighted by molar-refractivity contribution is 14.0. The molecule has 2 saturated heterocycles. The second-order valence-electron chi connectivity index (χ2n) is 7.65. The van der Waals surface area contributed by atoms with Crippen LogP contribution in [0.4, 0.5) is 0 Å². The molecule has 0 aromatic rings. The molecule has 152 valence electrons. The summed E-state index contributed by atoms with van der Waals surface area (Å²) in [5.74, 6) is 1.11. The van der Waals surface area contributed by atoms with Crippen LogP contribution in [-0.2, 0) is 19.3 Å². The molecule has 0 spiro atoms. The van der Waals surface area contributed by atoms with Gasteiger partial charge in [0.15, 0.2) is 5.96 Å². The summed E-state index contributed by atoms with van der Waals surface area (Å²) < 4.78 is 35.0. The maximum absolute atomic E-state index is 11.6. The molecule has 0 radical (unpaired) electrons. The van der Waals surface area contributed by atoms with Crippen LogP contribution in [0.3, 0.4) is 0 Å². The van der Waals surface area contributed by atoms with Gasteiger partial charge in [-0.25, -0.2) is 8.42 Å². The standard InChI is InChI=1S/C17H31N3O4S.HI/c1-3-18-16(19-12-17(6-7-17)13-25(2,21)22)20-8-10-24-15(11-20)14-5-4-9-23-14;/h14-15H,3-13H2,1-2H3,(H,18,19);1H. The van der Waals surface area contributed by atoms with Crippen LogP contribution < -0.4 is 5.32 Å². The Kier molecular flexibility index (Phi) is 7.99. The molecule has 3 fully saturated rings. The molecule has 0 aromatic carbocycles. The van der Waals surface area contributed by atoms with Gasteiger partial charge in [-0.2, -0.15) is 0 Å². The fraction of sp³-hybridized carbons (Fsp3) is 0.941. The lowest BCUT2D eigenvalue weighted by molar-refractivity contribution is -0.0817. The highest BCUT2D eigenvalue weighted by Gasteiger charge is 2.45.